The van der Waals surface area contributed by atoms with Gasteiger partial charge in [0.1, 0.15) is 0 Å². The van der Waals surface area contributed by atoms with Crippen LogP contribution in [0.4, 0.5) is 11.4 Å². The molecule has 2 rings (SSSR count). The molecule has 4 heteroatoms. The van der Waals surface area contributed by atoms with E-state index in [1.807, 2.05) is 18.2 Å². The highest BCUT2D eigenvalue weighted by Crippen LogP contribution is 2.33. The summed E-state index contributed by atoms with van der Waals surface area (Å²) in [5.41, 5.74) is 7.38. The van der Waals surface area contributed by atoms with Crippen molar-refractivity contribution in [2.45, 2.75) is 44.4 Å². The number of anilines is 2. The highest BCUT2D eigenvalue weighted by molar-refractivity contribution is 7.99. The topological polar surface area (TPSA) is 55.1 Å². The lowest BCUT2D eigenvalue weighted by Crippen LogP contribution is -2.25. The Hall–Kier alpha value is -1.16. The third kappa shape index (κ3) is 3.69. The minimum absolute atomic E-state index is 0.124. The van der Waals surface area contributed by atoms with E-state index in [9.17, 15) is 4.79 Å². The molecule has 0 saturated heterocycles. The lowest BCUT2D eigenvalue weighted by atomic mass is 9.97. The molecular formula is C16H24N2OS. The van der Waals surface area contributed by atoms with Crippen molar-refractivity contribution < 1.29 is 4.79 Å². The lowest BCUT2D eigenvalue weighted by Gasteiger charge is -2.16. The molecule has 20 heavy (non-hydrogen) atoms. The quantitative estimate of drug-likeness (QED) is 0.633. The summed E-state index contributed by atoms with van der Waals surface area (Å²) in [6, 6.07) is 5.89. The van der Waals surface area contributed by atoms with Crippen molar-refractivity contribution in [3.05, 3.63) is 18.2 Å². The van der Waals surface area contributed by atoms with Gasteiger partial charge in [0.2, 0.25) is 5.91 Å². The Labute approximate surface area is 125 Å². The van der Waals surface area contributed by atoms with Crippen LogP contribution in [-0.2, 0) is 4.79 Å². The molecule has 1 aliphatic carbocycles. The van der Waals surface area contributed by atoms with Crippen LogP contribution >= 0.6 is 11.8 Å². The SMILES string of the molecule is CCCSc1ccc(N)c(NC(=O)C2CCCC2C)c1. The standard InChI is InChI=1S/C16H24N2OS/c1-3-9-20-12-7-8-14(17)15(10-12)18-16(19)13-6-4-5-11(13)2/h7-8,10-11,13H,3-6,9,17H2,1-2H3,(H,18,19). The maximum absolute atomic E-state index is 12.3. The van der Waals surface area contributed by atoms with E-state index in [-0.39, 0.29) is 11.8 Å². The van der Waals surface area contributed by atoms with E-state index in [1.54, 1.807) is 11.8 Å². The average molecular weight is 292 g/mol. The number of hydrogen-bond acceptors (Lipinski definition) is 3. The number of benzene rings is 1. The van der Waals surface area contributed by atoms with Gasteiger partial charge in [0, 0.05) is 10.8 Å². The van der Waals surface area contributed by atoms with Crippen LogP contribution in [0.3, 0.4) is 0 Å². The van der Waals surface area contributed by atoms with Gasteiger partial charge in [-0.05, 0) is 49.1 Å². The van der Waals surface area contributed by atoms with Crippen LogP contribution in [0.5, 0.6) is 0 Å². The largest absolute Gasteiger partial charge is 0.397 e. The molecule has 1 aromatic carbocycles. The fraction of sp³-hybridized carbons (Fsp3) is 0.562. The van der Waals surface area contributed by atoms with Crippen molar-refractivity contribution in [1.82, 2.24) is 0 Å². The summed E-state index contributed by atoms with van der Waals surface area (Å²) in [6.45, 7) is 4.32. The predicted octanol–water partition coefficient (Wildman–Crippen LogP) is 4.15. The van der Waals surface area contributed by atoms with E-state index in [0.29, 0.717) is 11.6 Å². The van der Waals surface area contributed by atoms with Gasteiger partial charge in [-0.3, -0.25) is 4.79 Å². The molecule has 1 saturated carbocycles. The second-order valence-corrected chi connectivity index (χ2v) is 6.77. The third-order valence-electron chi connectivity index (χ3n) is 3.95. The van der Waals surface area contributed by atoms with E-state index >= 15 is 0 Å². The molecule has 1 fully saturated rings. The first kappa shape index (κ1) is 15.2. The molecule has 3 N–H and O–H groups in total. The summed E-state index contributed by atoms with van der Waals surface area (Å²) in [5, 5.41) is 3.02. The van der Waals surface area contributed by atoms with Crippen LogP contribution in [0, 0.1) is 11.8 Å². The van der Waals surface area contributed by atoms with Gasteiger partial charge in [-0.2, -0.15) is 0 Å². The summed E-state index contributed by atoms with van der Waals surface area (Å²) in [4.78, 5) is 13.5. The molecule has 0 heterocycles. The Morgan fingerprint density at radius 1 is 1.45 bits per heavy atom. The van der Waals surface area contributed by atoms with Crippen molar-refractivity contribution in [2.24, 2.45) is 11.8 Å². The number of rotatable bonds is 5. The summed E-state index contributed by atoms with van der Waals surface area (Å²) >= 11 is 1.80. The molecule has 0 spiro atoms. The number of nitrogens with one attached hydrogen (secondary N) is 1. The van der Waals surface area contributed by atoms with Gasteiger partial charge in [0.05, 0.1) is 11.4 Å². The average Bonchev–Trinajstić information content (AvgIpc) is 2.86. The Bertz CT molecular complexity index is 476. The Morgan fingerprint density at radius 2 is 2.25 bits per heavy atom. The fourth-order valence-corrected chi connectivity index (χ4v) is 3.52. The number of amides is 1. The number of nitrogens with two attached hydrogens (primary N) is 1. The first-order chi connectivity index (χ1) is 9.61. The molecule has 1 amide bonds. The van der Waals surface area contributed by atoms with Gasteiger partial charge in [0.25, 0.3) is 0 Å². The Morgan fingerprint density at radius 3 is 2.90 bits per heavy atom. The zero-order valence-electron chi connectivity index (χ0n) is 12.3. The van der Waals surface area contributed by atoms with E-state index < -0.39 is 0 Å². The molecule has 3 nitrogen and oxygen atoms in total. The molecule has 2 unspecified atom stereocenters. The Balaban J connectivity index is 2.05. The van der Waals surface area contributed by atoms with Crippen molar-refractivity contribution >= 4 is 29.0 Å². The zero-order chi connectivity index (χ0) is 14.5. The number of carbonyl (C=O) groups excluding carboxylic acids is 1. The van der Waals surface area contributed by atoms with E-state index in [4.69, 9.17) is 5.73 Å². The molecule has 0 aliphatic heterocycles. The molecule has 110 valence electrons. The number of carbonyl (C=O) groups is 1. The van der Waals surface area contributed by atoms with Crippen molar-refractivity contribution in [2.75, 3.05) is 16.8 Å². The Kier molecular flexibility index (Phi) is 5.35. The van der Waals surface area contributed by atoms with Crippen molar-refractivity contribution in [1.29, 1.82) is 0 Å². The van der Waals surface area contributed by atoms with E-state index in [0.717, 1.165) is 42.0 Å². The molecule has 0 bridgehead atoms. The molecule has 0 radical (unpaired) electrons. The monoisotopic (exact) mass is 292 g/mol. The van der Waals surface area contributed by atoms with Gasteiger partial charge in [0.15, 0.2) is 0 Å². The number of thioether (sulfide) groups is 1. The summed E-state index contributed by atoms with van der Waals surface area (Å²) in [7, 11) is 0. The second kappa shape index (κ2) is 7.02. The number of nitrogen functional groups attached to an aromatic ring is 1. The summed E-state index contributed by atoms with van der Waals surface area (Å²) < 4.78 is 0. The van der Waals surface area contributed by atoms with E-state index in [2.05, 4.69) is 19.2 Å². The fourth-order valence-electron chi connectivity index (χ4n) is 2.71. The van der Waals surface area contributed by atoms with Crippen LogP contribution in [0.1, 0.15) is 39.5 Å². The van der Waals surface area contributed by atoms with Gasteiger partial charge in [-0.1, -0.05) is 20.3 Å². The van der Waals surface area contributed by atoms with Gasteiger partial charge in [-0.25, -0.2) is 0 Å². The van der Waals surface area contributed by atoms with Crippen molar-refractivity contribution in [3.63, 3.8) is 0 Å². The molecule has 1 aliphatic rings. The molecule has 0 aromatic heterocycles. The van der Waals surface area contributed by atoms with Crippen molar-refractivity contribution in [3.8, 4) is 0 Å². The van der Waals surface area contributed by atoms with Crippen LogP contribution in [0.2, 0.25) is 0 Å². The minimum Gasteiger partial charge on any atom is -0.397 e. The molecule has 1 aromatic rings. The van der Waals surface area contributed by atoms with Gasteiger partial charge < -0.3 is 11.1 Å². The van der Waals surface area contributed by atoms with Gasteiger partial charge in [-0.15, -0.1) is 11.8 Å². The normalized spacial score (nSPS) is 21.9. The summed E-state index contributed by atoms with van der Waals surface area (Å²) in [5.74, 6) is 1.83. The van der Waals surface area contributed by atoms with Crippen LogP contribution in [0.15, 0.2) is 23.1 Å². The highest BCUT2D eigenvalue weighted by Gasteiger charge is 2.29. The second-order valence-electron chi connectivity index (χ2n) is 5.60. The minimum atomic E-state index is 0.124. The first-order valence-corrected chi connectivity index (χ1v) is 8.43. The smallest absolute Gasteiger partial charge is 0.227 e. The van der Waals surface area contributed by atoms with Crippen LogP contribution < -0.4 is 11.1 Å². The maximum atomic E-state index is 12.3. The third-order valence-corrected chi connectivity index (χ3v) is 5.15. The van der Waals surface area contributed by atoms with Crippen LogP contribution in [-0.4, -0.2) is 11.7 Å². The maximum Gasteiger partial charge on any atom is 0.227 e. The summed E-state index contributed by atoms with van der Waals surface area (Å²) in [6.07, 6.45) is 4.44. The zero-order valence-corrected chi connectivity index (χ0v) is 13.1. The predicted molar refractivity (Wildman–Crippen MR) is 87.0 cm³/mol. The lowest BCUT2D eigenvalue weighted by molar-refractivity contribution is -0.120. The molecular weight excluding hydrogens is 268 g/mol. The van der Waals surface area contributed by atoms with E-state index in [1.165, 1.54) is 0 Å². The highest BCUT2D eigenvalue weighted by atomic mass is 32.2. The van der Waals surface area contributed by atoms with Crippen LogP contribution in [0.25, 0.3) is 0 Å². The first-order valence-electron chi connectivity index (χ1n) is 7.45. The number of hydrogen-bond donors (Lipinski definition) is 2. The van der Waals surface area contributed by atoms with Gasteiger partial charge >= 0.3 is 0 Å². The molecule has 2 atom stereocenters.